The van der Waals surface area contributed by atoms with Gasteiger partial charge in [-0.05, 0) is 12.1 Å². The second-order valence-electron chi connectivity index (χ2n) is 3.65. The molecule has 0 bridgehead atoms. The SMILES string of the molecule is COc1cccc(-c2nc(C(=O)O)c(CN)[nH]2)c1. The summed E-state index contributed by atoms with van der Waals surface area (Å²) in [5, 5.41) is 9.00. The molecule has 94 valence electrons. The smallest absolute Gasteiger partial charge is 0.356 e. The number of benzene rings is 1. The van der Waals surface area contributed by atoms with E-state index in [1.165, 1.54) is 0 Å². The zero-order valence-electron chi connectivity index (χ0n) is 9.80. The number of hydrogen-bond donors (Lipinski definition) is 3. The lowest BCUT2D eigenvalue weighted by Crippen LogP contribution is -2.06. The molecule has 0 amide bonds. The Hall–Kier alpha value is -2.34. The lowest BCUT2D eigenvalue weighted by Gasteiger charge is -2.01. The Morgan fingerprint density at radius 1 is 1.56 bits per heavy atom. The fourth-order valence-electron chi connectivity index (χ4n) is 1.64. The molecule has 1 aromatic carbocycles. The third kappa shape index (κ3) is 2.18. The van der Waals surface area contributed by atoms with Crippen LogP contribution in [-0.2, 0) is 6.54 Å². The predicted octanol–water partition coefficient (Wildman–Crippen LogP) is 1.24. The molecular formula is C12H13N3O3. The van der Waals surface area contributed by atoms with Crippen LogP contribution in [0.4, 0.5) is 0 Å². The Morgan fingerprint density at radius 3 is 2.89 bits per heavy atom. The first kappa shape index (κ1) is 12.1. The fourth-order valence-corrected chi connectivity index (χ4v) is 1.64. The minimum atomic E-state index is -1.10. The first-order valence-electron chi connectivity index (χ1n) is 5.32. The van der Waals surface area contributed by atoms with Gasteiger partial charge in [-0.2, -0.15) is 0 Å². The first-order valence-corrected chi connectivity index (χ1v) is 5.32. The molecule has 0 radical (unpaired) electrons. The molecule has 2 aromatic rings. The zero-order chi connectivity index (χ0) is 13.1. The lowest BCUT2D eigenvalue weighted by molar-refractivity contribution is 0.0690. The van der Waals surface area contributed by atoms with Gasteiger partial charge in [0.2, 0.25) is 0 Å². The quantitative estimate of drug-likeness (QED) is 0.754. The van der Waals surface area contributed by atoms with Crippen molar-refractivity contribution in [2.45, 2.75) is 6.54 Å². The highest BCUT2D eigenvalue weighted by Gasteiger charge is 2.16. The molecule has 0 spiro atoms. The van der Waals surface area contributed by atoms with Crippen molar-refractivity contribution in [2.24, 2.45) is 5.73 Å². The number of ether oxygens (including phenoxy) is 1. The van der Waals surface area contributed by atoms with Crippen LogP contribution in [0.3, 0.4) is 0 Å². The van der Waals surface area contributed by atoms with Crippen LogP contribution in [0.15, 0.2) is 24.3 Å². The molecule has 18 heavy (non-hydrogen) atoms. The molecule has 6 heteroatoms. The van der Waals surface area contributed by atoms with Crippen molar-refractivity contribution in [3.63, 3.8) is 0 Å². The number of carboxylic acid groups (broad SMARTS) is 1. The Kier molecular flexibility index (Phi) is 3.29. The number of aromatic carboxylic acids is 1. The third-order valence-corrected chi connectivity index (χ3v) is 2.53. The largest absolute Gasteiger partial charge is 0.497 e. The number of nitrogens with two attached hydrogens (primary N) is 1. The van der Waals surface area contributed by atoms with Crippen molar-refractivity contribution < 1.29 is 14.6 Å². The maximum absolute atomic E-state index is 11.0. The molecule has 0 aliphatic heterocycles. The number of carboxylic acids is 1. The van der Waals surface area contributed by atoms with Crippen molar-refractivity contribution in [3.8, 4) is 17.1 Å². The van der Waals surface area contributed by atoms with Crippen LogP contribution >= 0.6 is 0 Å². The fraction of sp³-hybridized carbons (Fsp3) is 0.167. The Morgan fingerprint density at radius 2 is 2.33 bits per heavy atom. The van der Waals surface area contributed by atoms with Crippen LogP contribution in [0.1, 0.15) is 16.2 Å². The van der Waals surface area contributed by atoms with Gasteiger partial charge in [0.25, 0.3) is 0 Å². The Balaban J connectivity index is 2.47. The number of methoxy groups -OCH3 is 1. The number of H-pyrrole nitrogens is 1. The molecule has 0 aliphatic rings. The number of aromatic nitrogens is 2. The number of aromatic amines is 1. The van der Waals surface area contributed by atoms with Crippen molar-refractivity contribution in [2.75, 3.05) is 7.11 Å². The molecule has 1 heterocycles. The predicted molar refractivity (Wildman–Crippen MR) is 65.4 cm³/mol. The highest BCUT2D eigenvalue weighted by Crippen LogP contribution is 2.22. The number of carbonyl (C=O) groups is 1. The van der Waals surface area contributed by atoms with Crippen LogP contribution in [0, 0.1) is 0 Å². The molecule has 0 saturated heterocycles. The Labute approximate surface area is 103 Å². The lowest BCUT2D eigenvalue weighted by atomic mass is 10.2. The highest BCUT2D eigenvalue weighted by molar-refractivity contribution is 5.87. The second kappa shape index (κ2) is 4.89. The van der Waals surface area contributed by atoms with Crippen LogP contribution in [0.5, 0.6) is 5.75 Å². The summed E-state index contributed by atoms with van der Waals surface area (Å²) in [6.07, 6.45) is 0. The number of imidazole rings is 1. The molecular weight excluding hydrogens is 234 g/mol. The van der Waals surface area contributed by atoms with Crippen molar-refractivity contribution >= 4 is 5.97 Å². The highest BCUT2D eigenvalue weighted by atomic mass is 16.5. The van der Waals surface area contributed by atoms with Crippen LogP contribution in [-0.4, -0.2) is 28.2 Å². The number of nitrogens with zero attached hydrogens (tertiary/aromatic N) is 1. The van der Waals surface area contributed by atoms with Gasteiger partial charge in [-0.25, -0.2) is 9.78 Å². The van der Waals surface area contributed by atoms with E-state index in [9.17, 15) is 4.79 Å². The minimum absolute atomic E-state index is 0.0460. The standard InChI is InChI=1S/C12H13N3O3/c1-18-8-4-2-3-7(5-8)11-14-9(6-13)10(15-11)12(16)17/h2-5H,6,13H2,1H3,(H,14,15)(H,16,17). The van der Waals surface area contributed by atoms with Crippen molar-refractivity contribution in [3.05, 3.63) is 35.7 Å². The molecule has 4 N–H and O–H groups in total. The molecule has 0 saturated carbocycles. The molecule has 0 atom stereocenters. The monoisotopic (exact) mass is 247 g/mol. The maximum atomic E-state index is 11.0. The normalized spacial score (nSPS) is 10.3. The summed E-state index contributed by atoms with van der Waals surface area (Å²) in [5.74, 6) is 0.0441. The molecule has 0 unspecified atom stereocenters. The molecule has 0 aliphatic carbocycles. The van der Waals surface area contributed by atoms with Crippen LogP contribution < -0.4 is 10.5 Å². The van der Waals surface area contributed by atoms with E-state index in [4.69, 9.17) is 15.6 Å². The van der Waals surface area contributed by atoms with Gasteiger partial charge in [0.05, 0.1) is 12.8 Å². The third-order valence-electron chi connectivity index (χ3n) is 2.53. The summed E-state index contributed by atoms with van der Waals surface area (Å²) in [5.41, 5.74) is 6.58. The molecule has 0 fully saturated rings. The first-order chi connectivity index (χ1) is 8.65. The topological polar surface area (TPSA) is 101 Å². The average molecular weight is 247 g/mol. The molecule has 6 nitrogen and oxygen atoms in total. The van der Waals surface area contributed by atoms with Crippen LogP contribution in [0.25, 0.3) is 11.4 Å². The summed E-state index contributed by atoms with van der Waals surface area (Å²) < 4.78 is 5.10. The van der Waals surface area contributed by atoms with E-state index >= 15 is 0 Å². The van der Waals surface area contributed by atoms with E-state index < -0.39 is 5.97 Å². The summed E-state index contributed by atoms with van der Waals surface area (Å²) in [6.45, 7) is 0.0958. The van der Waals surface area contributed by atoms with Gasteiger partial charge in [-0.15, -0.1) is 0 Å². The summed E-state index contributed by atoms with van der Waals surface area (Å²) in [6, 6.07) is 7.19. The van der Waals surface area contributed by atoms with Gasteiger partial charge >= 0.3 is 5.97 Å². The summed E-state index contributed by atoms with van der Waals surface area (Å²) >= 11 is 0. The van der Waals surface area contributed by atoms with E-state index in [0.29, 0.717) is 17.3 Å². The van der Waals surface area contributed by atoms with Gasteiger partial charge in [-0.1, -0.05) is 12.1 Å². The van der Waals surface area contributed by atoms with E-state index in [2.05, 4.69) is 9.97 Å². The maximum Gasteiger partial charge on any atom is 0.356 e. The molecule has 2 rings (SSSR count). The summed E-state index contributed by atoms with van der Waals surface area (Å²) in [4.78, 5) is 17.9. The van der Waals surface area contributed by atoms with Gasteiger partial charge in [0.15, 0.2) is 5.69 Å². The van der Waals surface area contributed by atoms with Gasteiger partial charge in [0.1, 0.15) is 11.6 Å². The van der Waals surface area contributed by atoms with E-state index in [1.54, 1.807) is 25.3 Å². The van der Waals surface area contributed by atoms with Crippen LogP contribution in [0.2, 0.25) is 0 Å². The summed E-state index contributed by atoms with van der Waals surface area (Å²) in [7, 11) is 1.56. The number of rotatable bonds is 4. The van der Waals surface area contributed by atoms with E-state index in [1.807, 2.05) is 6.07 Å². The average Bonchev–Trinajstić information content (AvgIpc) is 2.83. The Bertz CT molecular complexity index is 578. The van der Waals surface area contributed by atoms with E-state index in [-0.39, 0.29) is 12.2 Å². The second-order valence-corrected chi connectivity index (χ2v) is 3.65. The molecule has 1 aromatic heterocycles. The van der Waals surface area contributed by atoms with E-state index in [0.717, 1.165) is 5.56 Å². The van der Waals surface area contributed by atoms with Crippen molar-refractivity contribution in [1.82, 2.24) is 9.97 Å². The zero-order valence-corrected chi connectivity index (χ0v) is 9.80. The van der Waals surface area contributed by atoms with Gasteiger partial charge < -0.3 is 20.6 Å². The number of nitrogens with one attached hydrogen (secondary N) is 1. The number of hydrogen-bond acceptors (Lipinski definition) is 4. The van der Waals surface area contributed by atoms with Gasteiger partial charge in [0, 0.05) is 12.1 Å². The van der Waals surface area contributed by atoms with Crippen molar-refractivity contribution in [1.29, 1.82) is 0 Å². The van der Waals surface area contributed by atoms with Gasteiger partial charge in [-0.3, -0.25) is 0 Å². The minimum Gasteiger partial charge on any atom is -0.497 e.